The molecule has 1 aromatic rings. The van der Waals surface area contributed by atoms with Gasteiger partial charge in [-0.3, -0.25) is 0 Å². The van der Waals surface area contributed by atoms with Gasteiger partial charge in [-0.25, -0.2) is 0 Å². The zero-order valence-electron chi connectivity index (χ0n) is 7.17. The number of hydrogen-bond donors (Lipinski definition) is 1. The van der Waals surface area contributed by atoms with Crippen LogP contribution in [0.25, 0.3) is 0 Å². The van der Waals surface area contributed by atoms with Gasteiger partial charge >= 0.3 is 0 Å². The molecule has 0 spiro atoms. The molecule has 1 aromatic carbocycles. The molecule has 0 fully saturated rings. The van der Waals surface area contributed by atoms with E-state index in [1.165, 1.54) is 0 Å². The number of benzene rings is 1. The Labute approximate surface area is 73.0 Å². The second-order valence-electron chi connectivity index (χ2n) is 2.84. The van der Waals surface area contributed by atoms with E-state index in [-0.39, 0.29) is 0 Å². The molecule has 0 bridgehead atoms. The predicted molar refractivity (Wildman–Crippen MR) is 50.0 cm³/mol. The third kappa shape index (κ3) is 2.03. The summed E-state index contributed by atoms with van der Waals surface area (Å²) in [4.78, 5) is 0. The summed E-state index contributed by atoms with van der Waals surface area (Å²) < 4.78 is 0. The lowest BCUT2D eigenvalue weighted by Crippen LogP contribution is -1.85. The highest BCUT2D eigenvalue weighted by molar-refractivity contribution is 5.35. The van der Waals surface area contributed by atoms with Crippen LogP contribution in [0.15, 0.2) is 18.2 Å². The lowest BCUT2D eigenvalue weighted by Gasteiger charge is -2.02. The zero-order chi connectivity index (χ0) is 8.97. The van der Waals surface area contributed by atoms with Gasteiger partial charge in [0, 0.05) is 6.42 Å². The summed E-state index contributed by atoms with van der Waals surface area (Å²) in [6.07, 6.45) is 6.56. The van der Waals surface area contributed by atoms with E-state index >= 15 is 0 Å². The van der Waals surface area contributed by atoms with Crippen LogP contribution >= 0.6 is 0 Å². The first-order chi connectivity index (χ1) is 5.74. The molecule has 0 aliphatic rings. The molecule has 0 amide bonds. The predicted octanol–water partition coefficient (Wildman–Crippen LogP) is 2.27. The number of hydrogen-bond acceptors (Lipinski definition) is 1. The Morgan fingerprint density at radius 3 is 2.92 bits per heavy atom. The molecule has 0 saturated heterocycles. The molecule has 0 heterocycles. The first-order valence-electron chi connectivity index (χ1n) is 3.96. The van der Waals surface area contributed by atoms with Gasteiger partial charge in [-0.15, -0.1) is 12.3 Å². The molecule has 0 atom stereocenters. The molecule has 1 N–H and O–H groups in total. The van der Waals surface area contributed by atoms with Gasteiger partial charge in [0.15, 0.2) is 0 Å². The van der Waals surface area contributed by atoms with Crippen molar-refractivity contribution in [3.63, 3.8) is 0 Å². The molecule has 0 aliphatic carbocycles. The van der Waals surface area contributed by atoms with Gasteiger partial charge < -0.3 is 5.11 Å². The van der Waals surface area contributed by atoms with Gasteiger partial charge in [0.2, 0.25) is 0 Å². The molecule has 12 heavy (non-hydrogen) atoms. The molecule has 1 nitrogen and oxygen atoms in total. The van der Waals surface area contributed by atoms with Crippen LogP contribution < -0.4 is 0 Å². The second kappa shape index (κ2) is 3.82. The van der Waals surface area contributed by atoms with Crippen LogP contribution in [0.1, 0.15) is 17.5 Å². The van der Waals surface area contributed by atoms with Crippen molar-refractivity contribution in [2.24, 2.45) is 0 Å². The summed E-state index contributed by atoms with van der Waals surface area (Å²) >= 11 is 0. The Bertz CT molecular complexity index is 307. The SMILES string of the molecule is C#CCCc1cc(C)ccc1O. The molecule has 1 rings (SSSR count). The number of terminal acetylenes is 1. The maximum Gasteiger partial charge on any atom is 0.118 e. The van der Waals surface area contributed by atoms with E-state index < -0.39 is 0 Å². The number of phenols is 1. The van der Waals surface area contributed by atoms with Crippen LogP contribution in [0.5, 0.6) is 5.75 Å². The van der Waals surface area contributed by atoms with Gasteiger partial charge in [-0.05, 0) is 25.0 Å². The number of aromatic hydroxyl groups is 1. The average molecular weight is 160 g/mol. The highest BCUT2D eigenvalue weighted by atomic mass is 16.3. The van der Waals surface area contributed by atoms with Crippen molar-refractivity contribution in [3.8, 4) is 18.1 Å². The topological polar surface area (TPSA) is 20.2 Å². The van der Waals surface area contributed by atoms with E-state index in [2.05, 4.69) is 5.92 Å². The molecule has 0 aliphatic heterocycles. The molecule has 0 saturated carbocycles. The third-order valence-corrected chi connectivity index (χ3v) is 1.77. The van der Waals surface area contributed by atoms with Gasteiger partial charge in [0.05, 0.1) is 0 Å². The van der Waals surface area contributed by atoms with Crippen molar-refractivity contribution in [2.45, 2.75) is 19.8 Å². The maximum absolute atomic E-state index is 9.39. The standard InChI is InChI=1S/C11H12O/c1-3-4-5-10-8-9(2)6-7-11(10)12/h1,6-8,12H,4-5H2,2H3. The van der Waals surface area contributed by atoms with E-state index in [0.29, 0.717) is 12.2 Å². The van der Waals surface area contributed by atoms with Crippen LogP contribution in [0.4, 0.5) is 0 Å². The van der Waals surface area contributed by atoms with Crippen LogP contribution in [-0.2, 0) is 6.42 Å². The quantitative estimate of drug-likeness (QED) is 0.658. The van der Waals surface area contributed by atoms with Crippen molar-refractivity contribution >= 4 is 0 Å². The summed E-state index contributed by atoms with van der Waals surface area (Å²) in [7, 11) is 0. The van der Waals surface area contributed by atoms with Crippen molar-refractivity contribution in [1.82, 2.24) is 0 Å². The Morgan fingerprint density at radius 1 is 1.50 bits per heavy atom. The Kier molecular flexibility index (Phi) is 2.76. The Morgan fingerprint density at radius 2 is 2.25 bits per heavy atom. The minimum Gasteiger partial charge on any atom is -0.508 e. The lowest BCUT2D eigenvalue weighted by molar-refractivity contribution is 0.468. The van der Waals surface area contributed by atoms with Crippen LogP contribution in [-0.4, -0.2) is 5.11 Å². The van der Waals surface area contributed by atoms with E-state index in [4.69, 9.17) is 6.42 Å². The summed E-state index contributed by atoms with van der Waals surface area (Å²) in [6, 6.07) is 5.56. The molecule has 0 unspecified atom stereocenters. The van der Waals surface area contributed by atoms with Gasteiger partial charge in [0.1, 0.15) is 5.75 Å². The smallest absolute Gasteiger partial charge is 0.118 e. The van der Waals surface area contributed by atoms with Crippen molar-refractivity contribution in [1.29, 1.82) is 0 Å². The monoisotopic (exact) mass is 160 g/mol. The van der Waals surface area contributed by atoms with Crippen LogP contribution in [0.3, 0.4) is 0 Å². The maximum atomic E-state index is 9.39. The molecule has 62 valence electrons. The summed E-state index contributed by atoms with van der Waals surface area (Å²) in [6.45, 7) is 2.00. The van der Waals surface area contributed by atoms with Crippen molar-refractivity contribution in [2.75, 3.05) is 0 Å². The average Bonchev–Trinajstić information content (AvgIpc) is 2.07. The normalized spacial score (nSPS) is 9.33. The van der Waals surface area contributed by atoms with E-state index in [1.54, 1.807) is 6.07 Å². The number of aryl methyl sites for hydroxylation is 2. The minimum atomic E-state index is 0.343. The van der Waals surface area contributed by atoms with Gasteiger partial charge in [-0.2, -0.15) is 0 Å². The van der Waals surface area contributed by atoms with Crippen molar-refractivity contribution < 1.29 is 5.11 Å². The lowest BCUT2D eigenvalue weighted by atomic mass is 10.1. The van der Waals surface area contributed by atoms with Crippen LogP contribution in [0, 0.1) is 19.3 Å². The molecule has 0 aromatic heterocycles. The minimum absolute atomic E-state index is 0.343. The van der Waals surface area contributed by atoms with Gasteiger partial charge in [-0.1, -0.05) is 17.7 Å². The summed E-state index contributed by atoms with van der Waals surface area (Å²) in [5.41, 5.74) is 2.09. The first-order valence-corrected chi connectivity index (χ1v) is 3.96. The van der Waals surface area contributed by atoms with Gasteiger partial charge in [0.25, 0.3) is 0 Å². The first kappa shape index (κ1) is 8.67. The summed E-state index contributed by atoms with van der Waals surface area (Å²) in [5, 5.41) is 9.39. The molecule has 1 heteroatoms. The zero-order valence-corrected chi connectivity index (χ0v) is 7.17. The van der Waals surface area contributed by atoms with Crippen LogP contribution in [0.2, 0.25) is 0 Å². The fourth-order valence-corrected chi connectivity index (χ4v) is 1.12. The number of phenolic OH excluding ortho intramolecular Hbond substituents is 1. The largest absolute Gasteiger partial charge is 0.508 e. The fourth-order valence-electron chi connectivity index (χ4n) is 1.12. The second-order valence-corrected chi connectivity index (χ2v) is 2.84. The Hall–Kier alpha value is -1.42. The van der Waals surface area contributed by atoms with E-state index in [9.17, 15) is 5.11 Å². The van der Waals surface area contributed by atoms with E-state index in [1.807, 2.05) is 19.1 Å². The third-order valence-electron chi connectivity index (χ3n) is 1.77. The highest BCUT2D eigenvalue weighted by Gasteiger charge is 1.99. The fraction of sp³-hybridized carbons (Fsp3) is 0.273. The van der Waals surface area contributed by atoms with E-state index in [0.717, 1.165) is 17.5 Å². The number of rotatable bonds is 2. The molecular formula is C11H12O. The molecular weight excluding hydrogens is 148 g/mol. The van der Waals surface area contributed by atoms with Crippen molar-refractivity contribution in [3.05, 3.63) is 29.3 Å². The summed E-state index contributed by atoms with van der Waals surface area (Å²) in [5.74, 6) is 2.90. The Balaban J connectivity index is 2.84. The highest BCUT2D eigenvalue weighted by Crippen LogP contribution is 2.19. The molecule has 0 radical (unpaired) electrons.